The molecule has 0 fully saturated rings. The van der Waals surface area contributed by atoms with E-state index < -0.39 is 0 Å². The van der Waals surface area contributed by atoms with Crippen molar-refractivity contribution in [2.75, 3.05) is 21.3 Å². The van der Waals surface area contributed by atoms with Crippen molar-refractivity contribution in [3.8, 4) is 11.5 Å². The molecule has 0 saturated carbocycles. The number of rotatable bonds is 9. The summed E-state index contributed by atoms with van der Waals surface area (Å²) in [7, 11) is 4.76. The number of carbonyl (C=O) groups is 1. The fourth-order valence-corrected chi connectivity index (χ4v) is 3.53. The minimum atomic E-state index is -0.262. The zero-order chi connectivity index (χ0) is 19.0. The first-order valence-corrected chi connectivity index (χ1v) is 8.95. The molecule has 2 rings (SSSR count). The summed E-state index contributed by atoms with van der Waals surface area (Å²) in [6, 6.07) is 16.3. The molecule has 0 saturated heterocycles. The Kier molecular flexibility index (Phi) is 7.07. The maximum absolute atomic E-state index is 11.9. The molecule has 4 nitrogen and oxygen atoms in total. The molecule has 0 radical (unpaired) electrons. The number of benzene rings is 2. The third-order valence-electron chi connectivity index (χ3n) is 4.95. The average Bonchev–Trinajstić information content (AvgIpc) is 2.71. The summed E-state index contributed by atoms with van der Waals surface area (Å²) in [4.78, 5) is 11.9. The highest BCUT2D eigenvalue weighted by atomic mass is 16.5. The van der Waals surface area contributed by atoms with E-state index in [1.165, 1.54) is 18.2 Å². The lowest BCUT2D eigenvalue weighted by atomic mass is 9.68. The molecule has 0 amide bonds. The molecule has 0 unspecified atom stereocenters. The fourth-order valence-electron chi connectivity index (χ4n) is 3.53. The largest absolute Gasteiger partial charge is 0.497 e. The molecule has 2 aromatic carbocycles. The van der Waals surface area contributed by atoms with Gasteiger partial charge >= 0.3 is 5.97 Å². The summed E-state index contributed by atoms with van der Waals surface area (Å²) in [5.41, 5.74) is 2.09. The van der Waals surface area contributed by atoms with Crippen LogP contribution in [0.4, 0.5) is 0 Å². The molecule has 0 spiro atoms. The lowest BCUT2D eigenvalue weighted by molar-refractivity contribution is -0.141. The standard InChI is InChI=1S/C22H28O4/c1-5-15-22(16-14-21(23)26-4,17-6-10-19(24-2)11-7-17)18-8-12-20(25-3)13-9-18/h6-13H,5,14-16H2,1-4H3. The van der Waals surface area contributed by atoms with Crippen LogP contribution in [0, 0.1) is 0 Å². The van der Waals surface area contributed by atoms with E-state index in [0.717, 1.165) is 24.3 Å². The van der Waals surface area contributed by atoms with E-state index in [-0.39, 0.29) is 11.4 Å². The molecule has 0 aliphatic rings. The number of ether oxygens (including phenoxy) is 3. The van der Waals surface area contributed by atoms with Crippen LogP contribution in [0.15, 0.2) is 48.5 Å². The van der Waals surface area contributed by atoms with Crippen LogP contribution in [0.3, 0.4) is 0 Å². The Bertz CT molecular complexity index is 642. The molecule has 0 bridgehead atoms. The summed E-state index contributed by atoms with van der Waals surface area (Å²) < 4.78 is 15.5. The van der Waals surface area contributed by atoms with Gasteiger partial charge in [-0.1, -0.05) is 37.6 Å². The summed E-state index contributed by atoms with van der Waals surface area (Å²) in [5.74, 6) is 1.45. The van der Waals surface area contributed by atoms with Gasteiger partial charge in [-0.2, -0.15) is 0 Å². The number of esters is 1. The first-order chi connectivity index (χ1) is 12.6. The van der Waals surface area contributed by atoms with Crippen molar-refractivity contribution >= 4 is 5.97 Å². The number of methoxy groups -OCH3 is 3. The average molecular weight is 356 g/mol. The monoisotopic (exact) mass is 356 g/mol. The Morgan fingerprint density at radius 1 is 0.808 bits per heavy atom. The predicted molar refractivity (Wildman–Crippen MR) is 103 cm³/mol. The highest BCUT2D eigenvalue weighted by Crippen LogP contribution is 2.42. The topological polar surface area (TPSA) is 44.8 Å². The second-order valence-corrected chi connectivity index (χ2v) is 6.37. The van der Waals surface area contributed by atoms with Gasteiger partial charge in [0, 0.05) is 11.8 Å². The van der Waals surface area contributed by atoms with Crippen LogP contribution in [0.25, 0.3) is 0 Å². The molecule has 26 heavy (non-hydrogen) atoms. The molecule has 0 heterocycles. The van der Waals surface area contributed by atoms with Gasteiger partial charge in [0.05, 0.1) is 21.3 Å². The lowest BCUT2D eigenvalue weighted by Crippen LogP contribution is -2.29. The Morgan fingerprint density at radius 3 is 1.62 bits per heavy atom. The van der Waals surface area contributed by atoms with E-state index in [1.54, 1.807) is 14.2 Å². The van der Waals surface area contributed by atoms with E-state index in [2.05, 4.69) is 31.2 Å². The Balaban J connectivity index is 2.52. The molecule has 140 valence electrons. The summed E-state index contributed by atoms with van der Waals surface area (Å²) in [6.07, 6.45) is 2.99. The third kappa shape index (κ3) is 4.37. The van der Waals surface area contributed by atoms with Crippen molar-refractivity contribution in [2.45, 2.75) is 38.0 Å². The number of carbonyl (C=O) groups excluding carboxylic acids is 1. The van der Waals surface area contributed by atoms with Gasteiger partial charge in [-0.3, -0.25) is 4.79 Å². The van der Waals surface area contributed by atoms with Crippen molar-refractivity contribution in [1.29, 1.82) is 0 Å². The van der Waals surface area contributed by atoms with Crippen LogP contribution in [-0.4, -0.2) is 27.3 Å². The number of hydrogen-bond acceptors (Lipinski definition) is 4. The predicted octanol–water partition coefficient (Wildman–Crippen LogP) is 4.74. The molecule has 0 atom stereocenters. The van der Waals surface area contributed by atoms with Gasteiger partial charge in [-0.15, -0.1) is 0 Å². The van der Waals surface area contributed by atoms with Crippen molar-refractivity contribution in [1.82, 2.24) is 0 Å². The van der Waals surface area contributed by atoms with Gasteiger partial charge in [0.1, 0.15) is 11.5 Å². The molecular weight excluding hydrogens is 328 g/mol. The second-order valence-electron chi connectivity index (χ2n) is 6.37. The SMILES string of the molecule is CCCC(CCC(=O)OC)(c1ccc(OC)cc1)c1ccc(OC)cc1. The maximum atomic E-state index is 11.9. The van der Waals surface area contributed by atoms with Crippen LogP contribution >= 0.6 is 0 Å². The Hall–Kier alpha value is -2.49. The van der Waals surface area contributed by atoms with E-state index >= 15 is 0 Å². The second kappa shape index (κ2) is 9.27. The molecule has 0 aliphatic heterocycles. The molecule has 0 N–H and O–H groups in total. The van der Waals surface area contributed by atoms with E-state index in [1.807, 2.05) is 24.3 Å². The summed E-state index contributed by atoms with van der Waals surface area (Å²) in [6.45, 7) is 2.17. The maximum Gasteiger partial charge on any atom is 0.305 e. The van der Waals surface area contributed by atoms with E-state index in [4.69, 9.17) is 14.2 Å². The first kappa shape index (κ1) is 19.8. The van der Waals surface area contributed by atoms with Crippen LogP contribution in [0.2, 0.25) is 0 Å². The molecule has 0 aromatic heterocycles. The zero-order valence-corrected chi connectivity index (χ0v) is 16.1. The van der Waals surface area contributed by atoms with Crippen molar-refractivity contribution in [2.24, 2.45) is 0 Å². The van der Waals surface area contributed by atoms with Gasteiger partial charge in [-0.05, 0) is 48.2 Å². The quantitative estimate of drug-likeness (QED) is 0.609. The van der Waals surface area contributed by atoms with Crippen molar-refractivity contribution in [3.63, 3.8) is 0 Å². The summed E-state index contributed by atoms with van der Waals surface area (Å²) in [5, 5.41) is 0. The normalized spacial score (nSPS) is 11.1. The molecular formula is C22H28O4. The van der Waals surface area contributed by atoms with E-state index in [9.17, 15) is 4.79 Å². The highest BCUT2D eigenvalue weighted by Gasteiger charge is 2.34. The molecule has 0 aliphatic carbocycles. The van der Waals surface area contributed by atoms with E-state index in [0.29, 0.717) is 12.8 Å². The van der Waals surface area contributed by atoms with Crippen molar-refractivity contribution < 1.29 is 19.0 Å². The van der Waals surface area contributed by atoms with Gasteiger partial charge in [0.25, 0.3) is 0 Å². The minimum Gasteiger partial charge on any atom is -0.497 e. The van der Waals surface area contributed by atoms with Gasteiger partial charge in [0.2, 0.25) is 0 Å². The first-order valence-electron chi connectivity index (χ1n) is 8.95. The molecule has 4 heteroatoms. The van der Waals surface area contributed by atoms with Gasteiger partial charge in [0.15, 0.2) is 0 Å². The van der Waals surface area contributed by atoms with Crippen molar-refractivity contribution in [3.05, 3.63) is 59.7 Å². The highest BCUT2D eigenvalue weighted by molar-refractivity contribution is 5.69. The van der Waals surface area contributed by atoms with Crippen LogP contribution in [0.1, 0.15) is 43.7 Å². The zero-order valence-electron chi connectivity index (χ0n) is 16.1. The van der Waals surface area contributed by atoms with Gasteiger partial charge < -0.3 is 14.2 Å². The smallest absolute Gasteiger partial charge is 0.305 e. The minimum absolute atomic E-state index is 0.187. The number of hydrogen-bond donors (Lipinski definition) is 0. The van der Waals surface area contributed by atoms with Crippen LogP contribution < -0.4 is 9.47 Å². The Labute approximate surface area is 156 Å². The molecule has 2 aromatic rings. The van der Waals surface area contributed by atoms with Crippen LogP contribution in [0.5, 0.6) is 11.5 Å². The fraction of sp³-hybridized carbons (Fsp3) is 0.409. The third-order valence-corrected chi connectivity index (χ3v) is 4.95. The van der Waals surface area contributed by atoms with Gasteiger partial charge in [-0.25, -0.2) is 0 Å². The Morgan fingerprint density at radius 2 is 1.27 bits per heavy atom. The summed E-state index contributed by atoms with van der Waals surface area (Å²) >= 11 is 0. The van der Waals surface area contributed by atoms with Crippen LogP contribution in [-0.2, 0) is 14.9 Å². The lowest BCUT2D eigenvalue weighted by Gasteiger charge is -2.35.